The summed E-state index contributed by atoms with van der Waals surface area (Å²) in [6.07, 6.45) is 1.09. The molecule has 120 valence electrons. The van der Waals surface area contributed by atoms with Gasteiger partial charge in [0.15, 0.2) is 0 Å². The first kappa shape index (κ1) is 17.6. The van der Waals surface area contributed by atoms with Gasteiger partial charge in [0, 0.05) is 18.7 Å². The van der Waals surface area contributed by atoms with E-state index < -0.39 is 5.97 Å². The molecule has 0 heterocycles. The van der Waals surface area contributed by atoms with Gasteiger partial charge in [-0.3, -0.25) is 14.4 Å². The third kappa shape index (κ3) is 7.39. The lowest BCUT2D eigenvalue weighted by atomic mass is 10.1. The van der Waals surface area contributed by atoms with Crippen LogP contribution in [0, 0.1) is 0 Å². The molecule has 0 atom stereocenters. The molecule has 5 N–H and O–H groups in total. The lowest BCUT2D eigenvalue weighted by molar-refractivity contribution is -0.137. The largest absolute Gasteiger partial charge is 0.481 e. The van der Waals surface area contributed by atoms with E-state index in [1.165, 1.54) is 0 Å². The highest BCUT2D eigenvalue weighted by atomic mass is 16.4. The van der Waals surface area contributed by atoms with Crippen molar-refractivity contribution in [2.45, 2.75) is 25.7 Å². The van der Waals surface area contributed by atoms with Gasteiger partial charge in [-0.1, -0.05) is 12.1 Å². The number of carbonyl (C=O) groups excluding carboxylic acids is 2. The van der Waals surface area contributed by atoms with Gasteiger partial charge in [0.1, 0.15) is 0 Å². The first-order valence-corrected chi connectivity index (χ1v) is 7.08. The van der Waals surface area contributed by atoms with Crippen LogP contribution in [-0.4, -0.2) is 36.0 Å². The zero-order chi connectivity index (χ0) is 16.4. The number of rotatable bonds is 9. The second-order valence-electron chi connectivity index (χ2n) is 4.81. The van der Waals surface area contributed by atoms with E-state index in [0.717, 1.165) is 5.56 Å². The maximum atomic E-state index is 11.6. The van der Waals surface area contributed by atoms with Crippen molar-refractivity contribution in [3.63, 3.8) is 0 Å². The second kappa shape index (κ2) is 9.51. The maximum absolute atomic E-state index is 11.6. The fourth-order valence-corrected chi connectivity index (χ4v) is 1.75. The van der Waals surface area contributed by atoms with Crippen LogP contribution < -0.4 is 16.4 Å². The number of nitrogens with one attached hydrogen (secondary N) is 2. The Labute approximate surface area is 128 Å². The minimum atomic E-state index is -0.949. The van der Waals surface area contributed by atoms with E-state index in [-0.39, 0.29) is 31.2 Å². The number of carboxylic acids is 1. The summed E-state index contributed by atoms with van der Waals surface area (Å²) in [4.78, 5) is 33.5. The van der Waals surface area contributed by atoms with Crippen LogP contribution in [0.25, 0.3) is 0 Å². The number of hydrogen-bond donors (Lipinski definition) is 4. The molecule has 0 aromatic heterocycles. The number of benzene rings is 1. The van der Waals surface area contributed by atoms with Crippen LogP contribution in [0.1, 0.15) is 24.8 Å². The summed E-state index contributed by atoms with van der Waals surface area (Å²) in [5.41, 5.74) is 6.79. The van der Waals surface area contributed by atoms with Crippen molar-refractivity contribution in [3.8, 4) is 0 Å². The zero-order valence-corrected chi connectivity index (χ0v) is 12.3. The Hall–Kier alpha value is -2.41. The lowest BCUT2D eigenvalue weighted by Gasteiger charge is -2.07. The predicted octanol–water partition coefficient (Wildman–Crippen LogP) is 0.497. The molecule has 0 saturated heterocycles. The van der Waals surface area contributed by atoms with E-state index in [1.54, 1.807) is 24.3 Å². The van der Waals surface area contributed by atoms with Gasteiger partial charge < -0.3 is 21.5 Å². The number of carboxylic acid groups (broad SMARTS) is 1. The third-order valence-corrected chi connectivity index (χ3v) is 2.87. The smallest absolute Gasteiger partial charge is 0.305 e. The SMILES string of the molecule is NCCCC(=O)Nc1ccc(CC(=O)NCCC(=O)O)cc1. The highest BCUT2D eigenvalue weighted by Crippen LogP contribution is 2.10. The average molecular weight is 307 g/mol. The van der Waals surface area contributed by atoms with E-state index in [1.807, 2.05) is 0 Å². The predicted molar refractivity (Wildman–Crippen MR) is 82.3 cm³/mol. The molecule has 0 saturated carbocycles. The molecule has 2 amide bonds. The normalized spacial score (nSPS) is 10.0. The molecule has 0 spiro atoms. The molecule has 0 aliphatic heterocycles. The molecule has 7 nitrogen and oxygen atoms in total. The van der Waals surface area contributed by atoms with Crippen LogP contribution in [0.5, 0.6) is 0 Å². The van der Waals surface area contributed by atoms with E-state index in [4.69, 9.17) is 10.8 Å². The van der Waals surface area contributed by atoms with Gasteiger partial charge in [-0.2, -0.15) is 0 Å². The highest BCUT2D eigenvalue weighted by molar-refractivity contribution is 5.90. The molecule has 1 aromatic rings. The summed E-state index contributed by atoms with van der Waals surface area (Å²) in [5.74, 6) is -1.28. The number of carbonyl (C=O) groups is 3. The first-order valence-electron chi connectivity index (χ1n) is 7.08. The number of hydrogen-bond acceptors (Lipinski definition) is 4. The fraction of sp³-hybridized carbons (Fsp3) is 0.400. The molecule has 1 aromatic carbocycles. The van der Waals surface area contributed by atoms with Crippen molar-refractivity contribution < 1.29 is 19.5 Å². The van der Waals surface area contributed by atoms with Gasteiger partial charge >= 0.3 is 5.97 Å². The molecule has 1 rings (SSSR count). The van der Waals surface area contributed by atoms with Crippen LogP contribution in [0.15, 0.2) is 24.3 Å². The van der Waals surface area contributed by atoms with Crippen molar-refractivity contribution in [1.29, 1.82) is 0 Å². The topological polar surface area (TPSA) is 122 Å². The Balaban J connectivity index is 2.39. The monoisotopic (exact) mass is 307 g/mol. The summed E-state index contributed by atoms with van der Waals surface area (Å²) >= 11 is 0. The maximum Gasteiger partial charge on any atom is 0.305 e. The van der Waals surface area contributed by atoms with Gasteiger partial charge in [0.2, 0.25) is 11.8 Å². The number of anilines is 1. The van der Waals surface area contributed by atoms with E-state index in [9.17, 15) is 14.4 Å². The zero-order valence-electron chi connectivity index (χ0n) is 12.3. The summed E-state index contributed by atoms with van der Waals surface area (Å²) in [7, 11) is 0. The Bertz CT molecular complexity index is 514. The number of amides is 2. The van der Waals surface area contributed by atoms with Gasteiger partial charge in [-0.05, 0) is 30.7 Å². The molecule has 22 heavy (non-hydrogen) atoms. The first-order chi connectivity index (χ1) is 10.5. The van der Waals surface area contributed by atoms with Crippen molar-refractivity contribution in [2.24, 2.45) is 5.73 Å². The molecule has 0 unspecified atom stereocenters. The molecule has 7 heteroatoms. The van der Waals surface area contributed by atoms with E-state index in [0.29, 0.717) is 25.1 Å². The van der Waals surface area contributed by atoms with Gasteiger partial charge in [-0.25, -0.2) is 0 Å². The van der Waals surface area contributed by atoms with Crippen LogP contribution in [0.4, 0.5) is 5.69 Å². The fourth-order valence-electron chi connectivity index (χ4n) is 1.75. The van der Waals surface area contributed by atoms with Crippen molar-refractivity contribution in [1.82, 2.24) is 5.32 Å². The Morgan fingerprint density at radius 2 is 1.73 bits per heavy atom. The van der Waals surface area contributed by atoms with E-state index in [2.05, 4.69) is 10.6 Å². The van der Waals surface area contributed by atoms with Gasteiger partial charge in [0.25, 0.3) is 0 Å². The quantitative estimate of drug-likeness (QED) is 0.529. The van der Waals surface area contributed by atoms with Crippen LogP contribution in [0.3, 0.4) is 0 Å². The second-order valence-corrected chi connectivity index (χ2v) is 4.81. The summed E-state index contributed by atoms with van der Waals surface area (Å²) in [6.45, 7) is 0.590. The minimum Gasteiger partial charge on any atom is -0.481 e. The molecular weight excluding hydrogens is 286 g/mol. The number of aliphatic carboxylic acids is 1. The molecule has 0 bridgehead atoms. The molecule has 0 aliphatic rings. The Morgan fingerprint density at radius 1 is 1.05 bits per heavy atom. The Kier molecular flexibility index (Phi) is 7.63. The van der Waals surface area contributed by atoms with Crippen LogP contribution in [0.2, 0.25) is 0 Å². The standard InChI is InChI=1S/C15H21N3O4/c16-8-1-2-13(19)18-12-5-3-11(4-6-12)10-14(20)17-9-7-15(21)22/h3-6H,1-2,7-10,16H2,(H,17,20)(H,18,19)(H,21,22). The summed E-state index contributed by atoms with van der Waals surface area (Å²) in [5, 5.41) is 13.8. The molecular formula is C15H21N3O4. The number of nitrogens with two attached hydrogens (primary N) is 1. The molecule has 0 fully saturated rings. The highest BCUT2D eigenvalue weighted by Gasteiger charge is 2.05. The Morgan fingerprint density at radius 3 is 2.32 bits per heavy atom. The molecule has 0 radical (unpaired) electrons. The average Bonchev–Trinajstić information content (AvgIpc) is 2.47. The van der Waals surface area contributed by atoms with Crippen molar-refractivity contribution in [3.05, 3.63) is 29.8 Å². The van der Waals surface area contributed by atoms with Crippen molar-refractivity contribution >= 4 is 23.5 Å². The molecule has 0 aliphatic carbocycles. The minimum absolute atomic E-state index is 0.0930. The van der Waals surface area contributed by atoms with Gasteiger partial charge in [0.05, 0.1) is 12.8 Å². The summed E-state index contributed by atoms with van der Waals surface area (Å²) < 4.78 is 0. The van der Waals surface area contributed by atoms with Gasteiger partial charge in [-0.15, -0.1) is 0 Å². The lowest BCUT2D eigenvalue weighted by Crippen LogP contribution is -2.27. The summed E-state index contributed by atoms with van der Waals surface area (Å²) in [6, 6.07) is 6.94. The van der Waals surface area contributed by atoms with E-state index >= 15 is 0 Å². The third-order valence-electron chi connectivity index (χ3n) is 2.87. The van der Waals surface area contributed by atoms with Crippen LogP contribution in [-0.2, 0) is 20.8 Å². The van der Waals surface area contributed by atoms with Crippen LogP contribution >= 0.6 is 0 Å². The van der Waals surface area contributed by atoms with Crippen molar-refractivity contribution in [2.75, 3.05) is 18.4 Å².